The largest absolute Gasteiger partial charge is 0.472 e. The van der Waals surface area contributed by atoms with E-state index in [0.29, 0.717) is 12.5 Å². The lowest BCUT2D eigenvalue weighted by Crippen LogP contribution is -2.18. The molecule has 0 bridgehead atoms. The zero-order valence-electron chi connectivity index (χ0n) is 8.94. The van der Waals surface area contributed by atoms with E-state index < -0.39 is 0 Å². The van der Waals surface area contributed by atoms with E-state index in [2.05, 4.69) is 9.97 Å². The highest BCUT2D eigenvalue weighted by molar-refractivity contribution is 7.16. The molecule has 0 fully saturated rings. The summed E-state index contributed by atoms with van der Waals surface area (Å²) < 4.78 is 10.7. The number of methoxy groups -OCH3 is 1. The Balaban J connectivity index is 2.31. The Labute approximate surface area is 102 Å². The van der Waals surface area contributed by atoms with Crippen LogP contribution in [0.5, 0.6) is 5.88 Å². The molecule has 0 N–H and O–H groups in total. The van der Waals surface area contributed by atoms with Crippen LogP contribution >= 0.6 is 22.9 Å². The molecule has 0 aliphatic heterocycles. The number of hydrogen-bond donors (Lipinski definition) is 0. The van der Waals surface area contributed by atoms with E-state index in [1.165, 1.54) is 11.3 Å². The van der Waals surface area contributed by atoms with Gasteiger partial charge in [0.15, 0.2) is 0 Å². The summed E-state index contributed by atoms with van der Waals surface area (Å²) in [6.07, 6.45) is -0.0703. The summed E-state index contributed by atoms with van der Waals surface area (Å²) >= 11 is 7.32. The van der Waals surface area contributed by atoms with Crippen molar-refractivity contribution in [1.82, 2.24) is 9.97 Å². The number of hydrogen-bond acceptors (Lipinski definition) is 5. The van der Waals surface area contributed by atoms with Crippen LogP contribution in [0.4, 0.5) is 0 Å². The molecule has 1 unspecified atom stereocenters. The summed E-state index contributed by atoms with van der Waals surface area (Å²) in [4.78, 5) is 9.02. The third kappa shape index (κ3) is 2.42. The SMILES string of the molecule is COCC(C)Oc1nc(Cl)nc2sccc12. The Morgan fingerprint density at radius 3 is 3.06 bits per heavy atom. The fourth-order valence-corrected chi connectivity index (χ4v) is 2.32. The second-order valence-corrected chi connectivity index (χ2v) is 4.55. The fourth-order valence-electron chi connectivity index (χ4n) is 1.35. The Kier molecular flexibility index (Phi) is 3.58. The van der Waals surface area contributed by atoms with Gasteiger partial charge < -0.3 is 9.47 Å². The molecule has 86 valence electrons. The molecular formula is C10H11ClN2O2S. The first-order chi connectivity index (χ1) is 7.70. The average Bonchev–Trinajstić information content (AvgIpc) is 2.65. The molecule has 0 aliphatic rings. The fraction of sp³-hybridized carbons (Fsp3) is 0.400. The molecule has 0 aliphatic carbocycles. The molecule has 0 aromatic carbocycles. The van der Waals surface area contributed by atoms with Crippen LogP contribution in [-0.4, -0.2) is 29.8 Å². The molecule has 0 saturated heterocycles. The van der Waals surface area contributed by atoms with Crippen molar-refractivity contribution < 1.29 is 9.47 Å². The van der Waals surface area contributed by atoms with Crippen LogP contribution in [0.15, 0.2) is 11.4 Å². The van der Waals surface area contributed by atoms with Crippen molar-refractivity contribution in [2.45, 2.75) is 13.0 Å². The molecule has 1 atom stereocenters. The van der Waals surface area contributed by atoms with Crippen molar-refractivity contribution in [3.05, 3.63) is 16.7 Å². The van der Waals surface area contributed by atoms with Crippen molar-refractivity contribution >= 4 is 33.2 Å². The number of thiophene rings is 1. The van der Waals surface area contributed by atoms with Crippen LogP contribution in [-0.2, 0) is 4.74 Å². The lowest BCUT2D eigenvalue weighted by molar-refractivity contribution is 0.0901. The molecule has 2 aromatic rings. The van der Waals surface area contributed by atoms with Crippen molar-refractivity contribution in [1.29, 1.82) is 0 Å². The monoisotopic (exact) mass is 258 g/mol. The van der Waals surface area contributed by atoms with Crippen molar-refractivity contribution in [3.8, 4) is 5.88 Å². The van der Waals surface area contributed by atoms with E-state index in [1.807, 2.05) is 18.4 Å². The summed E-state index contributed by atoms with van der Waals surface area (Å²) in [5.41, 5.74) is 0. The van der Waals surface area contributed by atoms with Crippen molar-refractivity contribution in [2.24, 2.45) is 0 Å². The Hall–Kier alpha value is -0.910. The van der Waals surface area contributed by atoms with E-state index in [1.54, 1.807) is 7.11 Å². The van der Waals surface area contributed by atoms with E-state index >= 15 is 0 Å². The maximum Gasteiger partial charge on any atom is 0.227 e. The van der Waals surface area contributed by atoms with E-state index in [-0.39, 0.29) is 11.4 Å². The highest BCUT2D eigenvalue weighted by Gasteiger charge is 2.12. The third-order valence-electron chi connectivity index (χ3n) is 1.98. The predicted molar refractivity (Wildman–Crippen MR) is 64.4 cm³/mol. The van der Waals surface area contributed by atoms with Gasteiger partial charge in [0.1, 0.15) is 10.9 Å². The molecule has 0 spiro atoms. The zero-order valence-corrected chi connectivity index (χ0v) is 10.5. The van der Waals surface area contributed by atoms with Crippen LogP contribution in [0.1, 0.15) is 6.92 Å². The number of rotatable bonds is 4. The Bertz CT molecular complexity index is 489. The maximum atomic E-state index is 5.81. The molecular weight excluding hydrogens is 248 g/mol. The van der Waals surface area contributed by atoms with Crippen LogP contribution in [0, 0.1) is 0 Å². The highest BCUT2D eigenvalue weighted by Crippen LogP contribution is 2.28. The number of ether oxygens (including phenoxy) is 2. The van der Waals surface area contributed by atoms with Gasteiger partial charge in [-0.2, -0.15) is 4.98 Å². The predicted octanol–water partition coefficient (Wildman–Crippen LogP) is 2.76. The number of fused-ring (bicyclic) bond motifs is 1. The van der Waals surface area contributed by atoms with Gasteiger partial charge in [0.2, 0.25) is 11.2 Å². The smallest absolute Gasteiger partial charge is 0.227 e. The molecule has 0 saturated carbocycles. The molecule has 0 radical (unpaired) electrons. The summed E-state index contributed by atoms with van der Waals surface area (Å²) in [5, 5.41) is 3.02. The quantitative estimate of drug-likeness (QED) is 0.791. The first kappa shape index (κ1) is 11.6. The average molecular weight is 259 g/mol. The molecule has 4 nitrogen and oxygen atoms in total. The first-order valence-corrected chi connectivity index (χ1v) is 6.03. The van der Waals surface area contributed by atoms with Gasteiger partial charge in [-0.3, -0.25) is 0 Å². The van der Waals surface area contributed by atoms with Gasteiger partial charge in [-0.05, 0) is 30.0 Å². The van der Waals surface area contributed by atoms with Gasteiger partial charge in [0.25, 0.3) is 0 Å². The molecule has 2 aromatic heterocycles. The van der Waals surface area contributed by atoms with Crippen LogP contribution < -0.4 is 4.74 Å². The summed E-state index contributed by atoms with van der Waals surface area (Å²) in [5.74, 6) is 0.515. The first-order valence-electron chi connectivity index (χ1n) is 4.77. The third-order valence-corrected chi connectivity index (χ3v) is 2.95. The lowest BCUT2D eigenvalue weighted by Gasteiger charge is -2.13. The molecule has 0 amide bonds. The van der Waals surface area contributed by atoms with Crippen molar-refractivity contribution in [2.75, 3.05) is 13.7 Å². The second kappa shape index (κ2) is 4.95. The standard InChI is InChI=1S/C10H11ClN2O2S/c1-6(5-14-2)15-8-7-3-4-16-9(7)13-10(11)12-8/h3-4,6H,5H2,1-2H3. The minimum atomic E-state index is -0.0703. The van der Waals surface area contributed by atoms with Gasteiger partial charge >= 0.3 is 0 Å². The highest BCUT2D eigenvalue weighted by atomic mass is 35.5. The Morgan fingerprint density at radius 1 is 1.50 bits per heavy atom. The van der Waals surface area contributed by atoms with Gasteiger partial charge in [-0.25, -0.2) is 4.98 Å². The number of nitrogens with zero attached hydrogens (tertiary/aromatic N) is 2. The van der Waals surface area contributed by atoms with Crippen LogP contribution in [0.2, 0.25) is 5.28 Å². The van der Waals surface area contributed by atoms with E-state index in [9.17, 15) is 0 Å². The van der Waals surface area contributed by atoms with Crippen LogP contribution in [0.25, 0.3) is 10.2 Å². The minimum absolute atomic E-state index is 0.0703. The summed E-state index contributed by atoms with van der Waals surface area (Å²) in [6.45, 7) is 2.42. The van der Waals surface area contributed by atoms with Gasteiger partial charge in [-0.15, -0.1) is 11.3 Å². The topological polar surface area (TPSA) is 44.2 Å². The summed E-state index contributed by atoms with van der Waals surface area (Å²) in [6, 6.07) is 1.92. The minimum Gasteiger partial charge on any atom is -0.472 e. The number of aromatic nitrogens is 2. The number of halogens is 1. The second-order valence-electron chi connectivity index (χ2n) is 3.32. The Morgan fingerprint density at radius 2 is 2.31 bits per heavy atom. The molecule has 16 heavy (non-hydrogen) atoms. The van der Waals surface area contributed by atoms with Gasteiger partial charge in [-0.1, -0.05) is 0 Å². The zero-order chi connectivity index (χ0) is 11.5. The molecule has 2 rings (SSSR count). The van der Waals surface area contributed by atoms with E-state index in [0.717, 1.165) is 10.2 Å². The van der Waals surface area contributed by atoms with Crippen molar-refractivity contribution in [3.63, 3.8) is 0 Å². The molecule has 6 heteroatoms. The van der Waals surface area contributed by atoms with Gasteiger partial charge in [0, 0.05) is 7.11 Å². The van der Waals surface area contributed by atoms with Gasteiger partial charge in [0.05, 0.1) is 12.0 Å². The summed E-state index contributed by atoms with van der Waals surface area (Å²) in [7, 11) is 1.63. The lowest BCUT2D eigenvalue weighted by atomic mass is 10.4. The van der Waals surface area contributed by atoms with Crippen LogP contribution in [0.3, 0.4) is 0 Å². The van der Waals surface area contributed by atoms with E-state index in [4.69, 9.17) is 21.1 Å². The normalized spacial score (nSPS) is 12.9. The molecule has 2 heterocycles. The maximum absolute atomic E-state index is 5.81.